The van der Waals surface area contributed by atoms with Crippen molar-refractivity contribution in [3.8, 4) is 5.75 Å². The highest BCUT2D eigenvalue weighted by atomic mass is 16.5. The molecule has 0 radical (unpaired) electrons. The minimum atomic E-state index is -0.414. The van der Waals surface area contributed by atoms with Gasteiger partial charge in [-0.1, -0.05) is 48.5 Å². The van der Waals surface area contributed by atoms with Crippen LogP contribution in [0.3, 0.4) is 0 Å². The topological polar surface area (TPSA) is 79.8 Å². The number of nitrogens with one attached hydrogen (secondary N) is 2. The standard InChI is InChI=1S/C25H21N3O3/c1-31-20-12-10-17(11-13-20)25(30)26-16-24(29)28-27-15-23-21-8-4-2-6-18(21)14-19-7-3-5-9-22(19)23/h2-15H,16H2,1H3,(H,26,30)(H,28,29). The molecule has 154 valence electrons. The predicted octanol–water partition coefficient (Wildman–Crippen LogP) is 3.88. The highest BCUT2D eigenvalue weighted by molar-refractivity contribution is 6.13. The third-order valence-corrected chi connectivity index (χ3v) is 4.96. The molecule has 6 heteroatoms. The predicted molar refractivity (Wildman–Crippen MR) is 123 cm³/mol. The maximum atomic E-state index is 12.2. The van der Waals surface area contributed by atoms with Crippen molar-refractivity contribution < 1.29 is 14.3 Å². The van der Waals surface area contributed by atoms with Crippen LogP contribution < -0.4 is 15.5 Å². The van der Waals surface area contributed by atoms with Crippen molar-refractivity contribution in [2.24, 2.45) is 5.10 Å². The fourth-order valence-corrected chi connectivity index (χ4v) is 3.40. The summed E-state index contributed by atoms with van der Waals surface area (Å²) < 4.78 is 5.07. The van der Waals surface area contributed by atoms with E-state index in [0.717, 1.165) is 27.1 Å². The van der Waals surface area contributed by atoms with Crippen LogP contribution in [-0.4, -0.2) is 31.7 Å². The normalized spacial score (nSPS) is 11.0. The molecule has 0 aliphatic rings. The summed E-state index contributed by atoms with van der Waals surface area (Å²) in [5.74, 6) is -0.103. The van der Waals surface area contributed by atoms with Gasteiger partial charge in [0.15, 0.2) is 0 Å². The summed E-state index contributed by atoms with van der Waals surface area (Å²) in [5, 5.41) is 11.0. The van der Waals surface area contributed by atoms with Crippen molar-refractivity contribution in [1.82, 2.24) is 10.7 Å². The molecule has 0 fully saturated rings. The lowest BCUT2D eigenvalue weighted by atomic mass is 9.97. The number of benzene rings is 4. The quantitative estimate of drug-likeness (QED) is 0.287. The second-order valence-corrected chi connectivity index (χ2v) is 6.94. The van der Waals surface area contributed by atoms with Crippen LogP contribution in [0.5, 0.6) is 5.75 Å². The zero-order valence-electron chi connectivity index (χ0n) is 17.0. The molecule has 4 aromatic carbocycles. The van der Waals surface area contributed by atoms with Crippen LogP contribution in [0.25, 0.3) is 21.5 Å². The van der Waals surface area contributed by atoms with Crippen molar-refractivity contribution in [2.75, 3.05) is 13.7 Å². The number of hydrogen-bond acceptors (Lipinski definition) is 4. The first-order valence-electron chi connectivity index (χ1n) is 9.80. The van der Waals surface area contributed by atoms with Gasteiger partial charge < -0.3 is 10.1 Å². The van der Waals surface area contributed by atoms with E-state index >= 15 is 0 Å². The van der Waals surface area contributed by atoms with Gasteiger partial charge in [-0.3, -0.25) is 9.59 Å². The van der Waals surface area contributed by atoms with Gasteiger partial charge in [-0.15, -0.1) is 0 Å². The number of amides is 2. The third-order valence-electron chi connectivity index (χ3n) is 4.96. The zero-order chi connectivity index (χ0) is 21.6. The summed E-state index contributed by atoms with van der Waals surface area (Å²) in [7, 11) is 1.56. The summed E-state index contributed by atoms with van der Waals surface area (Å²) in [6, 6.07) is 24.9. The zero-order valence-corrected chi connectivity index (χ0v) is 17.0. The molecule has 4 aromatic rings. The lowest BCUT2D eigenvalue weighted by Crippen LogP contribution is -2.34. The summed E-state index contributed by atoms with van der Waals surface area (Å²) in [5.41, 5.74) is 3.85. The van der Waals surface area contributed by atoms with Gasteiger partial charge in [0, 0.05) is 11.1 Å². The van der Waals surface area contributed by atoms with Crippen molar-refractivity contribution in [1.29, 1.82) is 0 Å². The van der Waals surface area contributed by atoms with E-state index in [1.807, 2.05) is 48.5 Å². The Bertz CT molecular complexity index is 1230. The van der Waals surface area contributed by atoms with Crippen LogP contribution in [0, 0.1) is 0 Å². The van der Waals surface area contributed by atoms with Crippen LogP contribution >= 0.6 is 0 Å². The van der Waals surface area contributed by atoms with Crippen LogP contribution in [-0.2, 0) is 4.79 Å². The van der Waals surface area contributed by atoms with Gasteiger partial charge in [-0.05, 0) is 51.9 Å². The van der Waals surface area contributed by atoms with Gasteiger partial charge >= 0.3 is 0 Å². The Labute approximate surface area is 179 Å². The number of nitrogens with zero attached hydrogens (tertiary/aromatic N) is 1. The molecule has 0 atom stereocenters. The number of methoxy groups -OCH3 is 1. The van der Waals surface area contributed by atoms with Crippen LogP contribution in [0.1, 0.15) is 15.9 Å². The van der Waals surface area contributed by atoms with Gasteiger partial charge in [0.1, 0.15) is 5.75 Å². The molecule has 0 spiro atoms. The molecule has 4 rings (SSSR count). The summed E-state index contributed by atoms with van der Waals surface area (Å²) >= 11 is 0. The number of carbonyl (C=O) groups excluding carboxylic acids is 2. The number of ether oxygens (including phenoxy) is 1. The Hall–Kier alpha value is -4.19. The van der Waals surface area contributed by atoms with E-state index in [-0.39, 0.29) is 12.5 Å². The second kappa shape index (κ2) is 9.09. The third kappa shape index (κ3) is 4.53. The molecule has 2 N–H and O–H groups in total. The highest BCUT2D eigenvalue weighted by Crippen LogP contribution is 2.27. The first-order valence-corrected chi connectivity index (χ1v) is 9.80. The maximum Gasteiger partial charge on any atom is 0.259 e. The fourth-order valence-electron chi connectivity index (χ4n) is 3.40. The van der Waals surface area contributed by atoms with E-state index in [4.69, 9.17) is 4.74 Å². The van der Waals surface area contributed by atoms with Gasteiger partial charge in [0.25, 0.3) is 11.8 Å². The SMILES string of the molecule is COc1ccc(C(=O)NCC(=O)NN=Cc2c3ccccc3cc3ccccc23)cc1. The Kier molecular flexibility index (Phi) is 5.89. The molecular formula is C25H21N3O3. The molecule has 6 nitrogen and oxygen atoms in total. The molecule has 0 unspecified atom stereocenters. The lowest BCUT2D eigenvalue weighted by molar-refractivity contribution is -0.120. The van der Waals surface area contributed by atoms with Crippen molar-refractivity contribution >= 4 is 39.6 Å². The van der Waals surface area contributed by atoms with E-state index in [0.29, 0.717) is 11.3 Å². The van der Waals surface area contributed by atoms with E-state index in [9.17, 15) is 9.59 Å². The maximum absolute atomic E-state index is 12.2. The molecule has 0 saturated heterocycles. The Morgan fingerprint density at radius 3 is 2.13 bits per heavy atom. The molecule has 0 aromatic heterocycles. The van der Waals surface area contributed by atoms with E-state index in [1.54, 1.807) is 37.6 Å². The molecule has 0 bridgehead atoms. The summed E-state index contributed by atoms with van der Waals surface area (Å²) in [4.78, 5) is 24.3. The first kappa shape index (κ1) is 20.1. The number of rotatable bonds is 6. The minimum Gasteiger partial charge on any atom is -0.497 e. The smallest absolute Gasteiger partial charge is 0.259 e. The van der Waals surface area contributed by atoms with Crippen molar-refractivity contribution in [3.63, 3.8) is 0 Å². The summed E-state index contributed by atoms with van der Waals surface area (Å²) in [6.45, 7) is -0.182. The van der Waals surface area contributed by atoms with Crippen LogP contribution in [0.4, 0.5) is 0 Å². The highest BCUT2D eigenvalue weighted by Gasteiger charge is 2.08. The average Bonchev–Trinajstić information content (AvgIpc) is 2.82. The lowest BCUT2D eigenvalue weighted by Gasteiger charge is -2.08. The number of fused-ring (bicyclic) bond motifs is 2. The molecule has 0 heterocycles. The Morgan fingerprint density at radius 1 is 0.903 bits per heavy atom. The summed E-state index contributed by atoms with van der Waals surface area (Å²) in [6.07, 6.45) is 1.65. The molecule has 31 heavy (non-hydrogen) atoms. The van der Waals surface area contributed by atoms with E-state index in [2.05, 4.69) is 21.9 Å². The van der Waals surface area contributed by atoms with Crippen LogP contribution in [0.2, 0.25) is 0 Å². The van der Waals surface area contributed by atoms with E-state index < -0.39 is 5.91 Å². The fraction of sp³-hybridized carbons (Fsp3) is 0.0800. The van der Waals surface area contributed by atoms with Gasteiger partial charge in [-0.25, -0.2) is 5.43 Å². The minimum absolute atomic E-state index is 0.182. The Balaban J connectivity index is 1.44. The average molecular weight is 411 g/mol. The molecule has 2 amide bonds. The Morgan fingerprint density at radius 2 is 1.52 bits per heavy atom. The number of carbonyl (C=O) groups is 2. The molecule has 0 aliphatic carbocycles. The number of hydrazone groups is 1. The van der Waals surface area contributed by atoms with Crippen LogP contribution in [0.15, 0.2) is 84.0 Å². The van der Waals surface area contributed by atoms with Gasteiger partial charge in [0.2, 0.25) is 0 Å². The monoisotopic (exact) mass is 411 g/mol. The van der Waals surface area contributed by atoms with Crippen molar-refractivity contribution in [3.05, 3.63) is 90.0 Å². The van der Waals surface area contributed by atoms with Gasteiger partial charge in [-0.2, -0.15) is 5.10 Å². The molecular weight excluding hydrogens is 390 g/mol. The van der Waals surface area contributed by atoms with Gasteiger partial charge in [0.05, 0.1) is 19.9 Å². The molecule has 0 aliphatic heterocycles. The van der Waals surface area contributed by atoms with Crippen molar-refractivity contribution in [2.45, 2.75) is 0 Å². The van der Waals surface area contributed by atoms with E-state index in [1.165, 1.54) is 0 Å². The first-order chi connectivity index (χ1) is 15.2. The molecule has 0 saturated carbocycles. The largest absolute Gasteiger partial charge is 0.497 e. The second-order valence-electron chi connectivity index (χ2n) is 6.94. The number of hydrogen-bond donors (Lipinski definition) is 2.